The molecule has 0 unspecified atom stereocenters. The average molecular weight is 358 g/mol. The van der Waals surface area contributed by atoms with Crippen LogP contribution in [0.25, 0.3) is 11.5 Å². The highest BCUT2D eigenvalue weighted by atomic mass is 14.1. The maximum absolute atomic E-state index is 2.36. The summed E-state index contributed by atoms with van der Waals surface area (Å²) in [7, 11) is 0. The fraction of sp³-hybridized carbons (Fsp3) is 0.0370. The van der Waals surface area contributed by atoms with Gasteiger partial charge < -0.3 is 0 Å². The van der Waals surface area contributed by atoms with Gasteiger partial charge in [-0.3, -0.25) is 0 Å². The lowest BCUT2D eigenvalue weighted by molar-refractivity contribution is 1.44. The van der Waals surface area contributed by atoms with Gasteiger partial charge in [-0.2, -0.15) is 0 Å². The molecule has 0 N–H and O–H groups in total. The van der Waals surface area contributed by atoms with Gasteiger partial charge in [0.25, 0.3) is 0 Å². The van der Waals surface area contributed by atoms with Crippen LogP contribution in [0.5, 0.6) is 0 Å². The molecule has 0 aromatic heterocycles. The largest absolute Gasteiger partial charge is 0.241 e. The van der Waals surface area contributed by atoms with Crippen LogP contribution in [0.2, 0.25) is 0 Å². The molecule has 4 rings (SSSR count). The van der Waals surface area contributed by atoms with Gasteiger partial charge in [-0.1, -0.05) is 138 Å². The molecule has 28 heavy (non-hydrogen) atoms. The summed E-state index contributed by atoms with van der Waals surface area (Å²) in [5.74, 6) is 0. The molecule has 0 nitrogen and oxygen atoms in total. The molecule has 0 amide bonds. The van der Waals surface area contributed by atoms with Crippen molar-refractivity contribution in [3.8, 4) is 0 Å². The predicted octanol–water partition coefficient (Wildman–Crippen LogP) is 5.38. The van der Waals surface area contributed by atoms with Crippen molar-refractivity contribution in [2.75, 3.05) is 0 Å². The third-order valence-corrected chi connectivity index (χ3v) is 5.18. The normalized spacial score (nSPS) is 11.2. The third kappa shape index (κ3) is 3.99. The summed E-state index contributed by atoms with van der Waals surface area (Å²) in [4.78, 5) is 0. The first kappa shape index (κ1) is 18.1. The first-order valence-electron chi connectivity index (χ1n) is 9.75. The quantitative estimate of drug-likeness (QED) is 0.332. The molecule has 0 aliphatic rings. The van der Waals surface area contributed by atoms with Gasteiger partial charge in [0, 0.05) is 0 Å². The van der Waals surface area contributed by atoms with E-state index in [1.807, 2.05) is 0 Å². The smallest absolute Gasteiger partial charge is 0.0686 e. The number of aryl methyl sites for hydroxylation is 1. The molecule has 4 aromatic rings. The fourth-order valence-corrected chi connectivity index (χ4v) is 3.72. The second kappa shape index (κ2) is 8.58. The molecular weight excluding hydrogens is 335 g/mol. The Balaban J connectivity index is 1.96. The maximum Gasteiger partial charge on any atom is 0.241 e. The summed E-state index contributed by atoms with van der Waals surface area (Å²) >= 11 is 0. The Hall–Kier alpha value is -3.32. The predicted molar refractivity (Wildman–Crippen MR) is 123 cm³/mol. The highest BCUT2D eigenvalue weighted by Gasteiger charge is 2.24. The van der Waals surface area contributed by atoms with Crippen LogP contribution in [0.3, 0.4) is 0 Å². The summed E-state index contributed by atoms with van der Waals surface area (Å²) < 4.78 is 0. The van der Waals surface area contributed by atoms with Crippen LogP contribution >= 0.6 is 0 Å². The zero-order valence-corrected chi connectivity index (χ0v) is 16.1. The molecule has 0 aliphatic carbocycles. The van der Waals surface area contributed by atoms with E-state index in [1.54, 1.807) is 0 Å². The van der Waals surface area contributed by atoms with E-state index in [2.05, 4.69) is 128 Å². The highest BCUT2D eigenvalue weighted by molar-refractivity contribution is 7.00. The second-order valence-electron chi connectivity index (χ2n) is 7.08. The van der Waals surface area contributed by atoms with Gasteiger partial charge in [-0.25, -0.2) is 0 Å². The van der Waals surface area contributed by atoms with Gasteiger partial charge in [0.2, 0.25) is 6.71 Å². The van der Waals surface area contributed by atoms with Crippen molar-refractivity contribution in [1.82, 2.24) is 0 Å². The topological polar surface area (TPSA) is 0 Å². The minimum absolute atomic E-state index is 0.171. The summed E-state index contributed by atoms with van der Waals surface area (Å²) in [6.07, 6.45) is 2.36. The molecule has 0 spiro atoms. The molecule has 0 heterocycles. The number of rotatable bonds is 5. The molecule has 4 aromatic carbocycles. The van der Waals surface area contributed by atoms with Gasteiger partial charge in [0.1, 0.15) is 0 Å². The number of hydrogen-bond acceptors (Lipinski definition) is 0. The Labute approximate surface area is 168 Å². The molecule has 134 valence electrons. The van der Waals surface area contributed by atoms with Crippen molar-refractivity contribution in [2.45, 2.75) is 6.92 Å². The van der Waals surface area contributed by atoms with Crippen LogP contribution in [0.15, 0.2) is 115 Å². The minimum Gasteiger partial charge on any atom is -0.0686 e. The first-order chi connectivity index (χ1) is 13.8. The second-order valence-corrected chi connectivity index (χ2v) is 7.08. The Morgan fingerprint density at radius 3 is 1.57 bits per heavy atom. The first-order valence-corrected chi connectivity index (χ1v) is 9.75. The Morgan fingerprint density at radius 2 is 1.04 bits per heavy atom. The van der Waals surface area contributed by atoms with Gasteiger partial charge in [-0.05, 0) is 23.6 Å². The monoisotopic (exact) mass is 358 g/mol. The lowest BCUT2D eigenvalue weighted by Gasteiger charge is -2.20. The summed E-state index contributed by atoms with van der Waals surface area (Å²) in [6, 6.07) is 40.9. The van der Waals surface area contributed by atoms with E-state index >= 15 is 0 Å². The lowest BCUT2D eigenvalue weighted by atomic mass is 9.35. The molecule has 0 radical (unpaired) electrons. The Kier molecular flexibility index (Phi) is 5.54. The highest BCUT2D eigenvalue weighted by Crippen LogP contribution is 2.23. The van der Waals surface area contributed by atoms with E-state index in [9.17, 15) is 0 Å². The molecule has 0 saturated carbocycles. The van der Waals surface area contributed by atoms with E-state index in [4.69, 9.17) is 0 Å². The average Bonchev–Trinajstić information content (AvgIpc) is 2.77. The molecule has 1 heteroatoms. The van der Waals surface area contributed by atoms with Gasteiger partial charge >= 0.3 is 0 Å². The van der Waals surface area contributed by atoms with E-state index in [-0.39, 0.29) is 6.71 Å². The standard InChI is InChI=1S/C27H23B/c1-22-13-11-12-16-24(22)21-27(23-14-5-2-6-15-23)28(25-17-7-3-8-18-25)26-19-9-4-10-20-26/h2-21H,1H3/b27-21-. The summed E-state index contributed by atoms with van der Waals surface area (Å²) in [5, 5.41) is 0. The van der Waals surface area contributed by atoms with Crippen LogP contribution in [-0.2, 0) is 0 Å². The van der Waals surface area contributed by atoms with Crippen molar-refractivity contribution < 1.29 is 0 Å². The van der Waals surface area contributed by atoms with Crippen LogP contribution in [-0.4, -0.2) is 6.71 Å². The third-order valence-electron chi connectivity index (χ3n) is 5.18. The minimum atomic E-state index is 0.171. The van der Waals surface area contributed by atoms with Gasteiger partial charge in [0.05, 0.1) is 0 Å². The van der Waals surface area contributed by atoms with Crippen LogP contribution in [0.4, 0.5) is 0 Å². The molecule has 0 fully saturated rings. The van der Waals surface area contributed by atoms with Crippen LogP contribution in [0, 0.1) is 6.92 Å². The summed E-state index contributed by atoms with van der Waals surface area (Å²) in [6.45, 7) is 2.35. The van der Waals surface area contributed by atoms with Crippen molar-refractivity contribution in [3.05, 3.63) is 132 Å². The van der Waals surface area contributed by atoms with Gasteiger partial charge in [0.15, 0.2) is 0 Å². The van der Waals surface area contributed by atoms with Crippen molar-refractivity contribution in [1.29, 1.82) is 0 Å². The zero-order valence-electron chi connectivity index (χ0n) is 16.1. The van der Waals surface area contributed by atoms with Crippen molar-refractivity contribution in [3.63, 3.8) is 0 Å². The van der Waals surface area contributed by atoms with E-state index < -0.39 is 0 Å². The van der Waals surface area contributed by atoms with Gasteiger partial charge in [-0.15, -0.1) is 0 Å². The van der Waals surface area contributed by atoms with Crippen LogP contribution in [0.1, 0.15) is 16.7 Å². The van der Waals surface area contributed by atoms with E-state index in [0.29, 0.717) is 0 Å². The molecule has 0 aliphatic heterocycles. The Bertz CT molecular complexity index is 1010. The fourth-order valence-electron chi connectivity index (χ4n) is 3.72. The Morgan fingerprint density at radius 1 is 0.571 bits per heavy atom. The molecule has 0 bridgehead atoms. The molecule has 0 atom stereocenters. The summed E-state index contributed by atoms with van der Waals surface area (Å²) in [5.41, 5.74) is 7.72. The lowest BCUT2D eigenvalue weighted by Crippen LogP contribution is -2.43. The van der Waals surface area contributed by atoms with E-state index in [1.165, 1.54) is 33.1 Å². The SMILES string of the molecule is Cc1ccccc1/C=C(\B(c1ccccc1)c1ccccc1)c1ccccc1. The number of hydrogen-bond donors (Lipinski definition) is 0. The van der Waals surface area contributed by atoms with E-state index in [0.717, 1.165) is 0 Å². The van der Waals surface area contributed by atoms with Crippen molar-refractivity contribution >= 4 is 29.2 Å². The number of benzene rings is 4. The van der Waals surface area contributed by atoms with Crippen molar-refractivity contribution in [2.24, 2.45) is 0 Å². The maximum atomic E-state index is 2.36. The zero-order chi connectivity index (χ0) is 19.2. The molecule has 0 saturated heterocycles. The molecular formula is C27H23B. The van der Waals surface area contributed by atoms with Crippen LogP contribution < -0.4 is 10.9 Å².